The van der Waals surface area contributed by atoms with Gasteiger partial charge in [0.05, 0.1) is 13.2 Å². The number of hydrogen-bond donors (Lipinski definition) is 2. The number of aromatic nitrogens is 1. The minimum Gasteiger partial charge on any atom is -0.497 e. The molecule has 0 amide bonds. The molecule has 1 aliphatic carbocycles. The minimum absolute atomic E-state index is 0.130. The van der Waals surface area contributed by atoms with E-state index in [2.05, 4.69) is 46.9 Å². The lowest BCUT2D eigenvalue weighted by atomic mass is 9.97. The average Bonchev–Trinajstić information content (AvgIpc) is 3.21. The standard InChI is InChI=1S/C25H30N2O3/c1-28-21-10-11-23-22(16-21)20(17-27-23)9-5-6-12-26-24(25-18-29-13-14-30-25)15-19-7-3-2-4-8-19/h2-3,7,10-11,13-14,16-18,24,26-27H,4-6,8-9,12,15H2,1H3. The van der Waals surface area contributed by atoms with Crippen LogP contribution >= 0.6 is 0 Å². The number of ether oxygens (including phenoxy) is 3. The number of hydrogen-bond acceptors (Lipinski definition) is 4. The highest BCUT2D eigenvalue weighted by atomic mass is 16.5. The molecule has 5 heteroatoms. The van der Waals surface area contributed by atoms with Gasteiger partial charge in [-0.25, -0.2) is 0 Å². The maximum atomic E-state index is 5.70. The van der Waals surface area contributed by atoms with Crippen molar-refractivity contribution in [1.29, 1.82) is 0 Å². The van der Waals surface area contributed by atoms with Gasteiger partial charge in [-0.05, 0) is 68.8 Å². The molecule has 1 atom stereocenters. The van der Waals surface area contributed by atoms with Crippen LogP contribution in [0.1, 0.15) is 37.7 Å². The summed E-state index contributed by atoms with van der Waals surface area (Å²) >= 11 is 0. The fourth-order valence-corrected chi connectivity index (χ4v) is 4.00. The van der Waals surface area contributed by atoms with Crippen LogP contribution in [0.25, 0.3) is 10.9 Å². The van der Waals surface area contributed by atoms with E-state index in [9.17, 15) is 0 Å². The molecule has 0 spiro atoms. The van der Waals surface area contributed by atoms with Gasteiger partial charge >= 0.3 is 0 Å². The number of benzene rings is 1. The molecule has 1 unspecified atom stereocenters. The van der Waals surface area contributed by atoms with Crippen molar-refractivity contribution >= 4 is 10.9 Å². The first-order valence-corrected chi connectivity index (χ1v) is 10.7. The molecule has 4 rings (SSSR count). The van der Waals surface area contributed by atoms with Gasteiger partial charge in [-0.15, -0.1) is 0 Å². The van der Waals surface area contributed by atoms with E-state index in [1.807, 2.05) is 6.07 Å². The Labute approximate surface area is 178 Å². The third-order valence-corrected chi connectivity index (χ3v) is 5.67. The van der Waals surface area contributed by atoms with Crippen LogP contribution in [-0.2, 0) is 15.9 Å². The highest BCUT2D eigenvalue weighted by Crippen LogP contribution is 2.25. The van der Waals surface area contributed by atoms with Crippen molar-refractivity contribution in [3.63, 3.8) is 0 Å². The largest absolute Gasteiger partial charge is 0.497 e. The number of nitrogens with one attached hydrogen (secondary N) is 2. The van der Waals surface area contributed by atoms with Crippen molar-refractivity contribution in [2.24, 2.45) is 0 Å². The molecular formula is C25H30N2O3. The van der Waals surface area contributed by atoms with Crippen LogP contribution < -0.4 is 10.1 Å². The second-order valence-corrected chi connectivity index (χ2v) is 7.73. The van der Waals surface area contributed by atoms with Gasteiger partial charge < -0.3 is 24.5 Å². The highest BCUT2D eigenvalue weighted by Gasteiger charge is 2.19. The number of rotatable bonds is 10. The first-order valence-electron chi connectivity index (χ1n) is 10.7. The molecule has 2 aromatic rings. The molecule has 0 saturated heterocycles. The van der Waals surface area contributed by atoms with Crippen molar-refractivity contribution in [2.75, 3.05) is 13.7 Å². The third kappa shape index (κ3) is 5.16. The summed E-state index contributed by atoms with van der Waals surface area (Å²) in [5.41, 5.74) is 3.95. The first-order chi connectivity index (χ1) is 14.8. The fraction of sp³-hybridized carbons (Fsp3) is 0.360. The molecule has 30 heavy (non-hydrogen) atoms. The van der Waals surface area contributed by atoms with Crippen LogP contribution in [0.15, 0.2) is 72.7 Å². The Morgan fingerprint density at radius 3 is 3.00 bits per heavy atom. The number of fused-ring (bicyclic) bond motifs is 1. The lowest BCUT2D eigenvalue weighted by molar-refractivity contribution is 0.225. The molecule has 158 valence electrons. The Balaban J connectivity index is 1.29. The number of methoxy groups -OCH3 is 1. The molecule has 2 N–H and O–H groups in total. The molecule has 1 aromatic heterocycles. The van der Waals surface area contributed by atoms with Crippen molar-refractivity contribution < 1.29 is 14.2 Å². The highest BCUT2D eigenvalue weighted by molar-refractivity contribution is 5.84. The molecule has 1 aromatic carbocycles. The summed E-state index contributed by atoms with van der Waals surface area (Å²) < 4.78 is 16.4. The van der Waals surface area contributed by atoms with Crippen LogP contribution in [0, 0.1) is 0 Å². The van der Waals surface area contributed by atoms with Crippen LogP contribution in [-0.4, -0.2) is 24.7 Å². The summed E-state index contributed by atoms with van der Waals surface area (Å²) in [5, 5.41) is 4.92. The first kappa shape index (κ1) is 20.4. The SMILES string of the molecule is COc1ccc2[nH]cc(CCCCNC(CC3=CC=CCC3)C3=COC=CO3)c2c1. The predicted molar refractivity (Wildman–Crippen MR) is 120 cm³/mol. The van der Waals surface area contributed by atoms with Crippen LogP contribution in [0.3, 0.4) is 0 Å². The van der Waals surface area contributed by atoms with Crippen LogP contribution in [0.2, 0.25) is 0 Å². The van der Waals surface area contributed by atoms with Gasteiger partial charge in [-0.3, -0.25) is 0 Å². The summed E-state index contributed by atoms with van der Waals surface area (Å²) in [4.78, 5) is 3.36. The molecule has 1 aliphatic heterocycles. The third-order valence-electron chi connectivity index (χ3n) is 5.67. The van der Waals surface area contributed by atoms with E-state index in [-0.39, 0.29) is 6.04 Å². The van der Waals surface area contributed by atoms with Gasteiger partial charge in [-0.2, -0.15) is 0 Å². The molecule has 2 heterocycles. The van der Waals surface area contributed by atoms with Crippen LogP contribution in [0.4, 0.5) is 0 Å². The minimum atomic E-state index is 0.130. The van der Waals surface area contributed by atoms with E-state index in [0.717, 1.165) is 62.1 Å². The zero-order chi connectivity index (χ0) is 20.6. The number of H-pyrrole nitrogens is 1. The summed E-state index contributed by atoms with van der Waals surface area (Å²) in [7, 11) is 1.71. The lowest BCUT2D eigenvalue weighted by Crippen LogP contribution is -2.33. The Bertz CT molecular complexity index is 968. The predicted octanol–water partition coefficient (Wildman–Crippen LogP) is 5.48. The molecule has 0 radical (unpaired) electrons. The van der Waals surface area contributed by atoms with Crippen molar-refractivity contribution in [2.45, 2.75) is 44.6 Å². The molecule has 5 nitrogen and oxygen atoms in total. The van der Waals surface area contributed by atoms with Crippen LogP contribution in [0.5, 0.6) is 5.75 Å². The molecule has 0 fully saturated rings. The van der Waals surface area contributed by atoms with Gasteiger partial charge in [-0.1, -0.05) is 23.8 Å². The normalized spacial score (nSPS) is 16.6. The van der Waals surface area contributed by atoms with Crippen molar-refractivity contribution in [3.8, 4) is 5.75 Å². The van der Waals surface area contributed by atoms with E-state index in [4.69, 9.17) is 14.2 Å². The van der Waals surface area contributed by atoms with E-state index in [1.54, 1.807) is 25.9 Å². The topological polar surface area (TPSA) is 55.5 Å². The molecule has 0 bridgehead atoms. The molecule has 0 saturated carbocycles. The monoisotopic (exact) mass is 406 g/mol. The van der Waals surface area contributed by atoms with Gasteiger partial charge in [0.1, 0.15) is 24.5 Å². The zero-order valence-electron chi connectivity index (χ0n) is 17.5. The number of allylic oxidation sites excluding steroid dienone is 3. The smallest absolute Gasteiger partial charge is 0.155 e. The zero-order valence-corrected chi connectivity index (χ0v) is 17.5. The maximum absolute atomic E-state index is 5.70. The average molecular weight is 407 g/mol. The van der Waals surface area contributed by atoms with Gasteiger partial charge in [0.15, 0.2) is 5.76 Å². The molecule has 2 aliphatic rings. The maximum Gasteiger partial charge on any atom is 0.155 e. The van der Waals surface area contributed by atoms with E-state index < -0.39 is 0 Å². The van der Waals surface area contributed by atoms with E-state index in [0.29, 0.717) is 0 Å². The van der Waals surface area contributed by atoms with Crippen molar-refractivity contribution in [1.82, 2.24) is 10.3 Å². The van der Waals surface area contributed by atoms with E-state index in [1.165, 1.54) is 16.5 Å². The summed E-state index contributed by atoms with van der Waals surface area (Å²) in [5.74, 6) is 1.74. The van der Waals surface area contributed by atoms with E-state index >= 15 is 0 Å². The van der Waals surface area contributed by atoms with Gasteiger partial charge in [0.2, 0.25) is 0 Å². The Kier molecular flexibility index (Phi) is 6.93. The molecular weight excluding hydrogens is 376 g/mol. The Hall–Kier alpha value is -2.92. The van der Waals surface area contributed by atoms with Crippen molar-refractivity contribution in [3.05, 3.63) is 78.3 Å². The Morgan fingerprint density at radius 1 is 1.23 bits per heavy atom. The Morgan fingerprint density at radius 2 is 2.20 bits per heavy atom. The second kappa shape index (κ2) is 10.2. The van der Waals surface area contributed by atoms with Gasteiger partial charge in [0.25, 0.3) is 0 Å². The summed E-state index contributed by atoms with van der Waals surface area (Å²) in [6.07, 6.45) is 20.0. The second-order valence-electron chi connectivity index (χ2n) is 7.73. The number of aryl methyl sites for hydroxylation is 1. The quantitative estimate of drug-likeness (QED) is 0.513. The summed E-state index contributed by atoms with van der Waals surface area (Å²) in [6.45, 7) is 0.934. The number of aromatic amines is 1. The summed E-state index contributed by atoms with van der Waals surface area (Å²) in [6, 6.07) is 6.31. The number of unbranched alkanes of at least 4 members (excludes halogenated alkanes) is 1. The lowest BCUT2D eigenvalue weighted by Gasteiger charge is -2.23. The fourth-order valence-electron chi connectivity index (χ4n) is 4.00. The van der Waals surface area contributed by atoms with Gasteiger partial charge in [0, 0.05) is 17.1 Å².